The van der Waals surface area contributed by atoms with Gasteiger partial charge in [0.1, 0.15) is 6.61 Å². The van der Waals surface area contributed by atoms with Gasteiger partial charge in [-0.15, -0.1) is 0 Å². The quantitative estimate of drug-likeness (QED) is 0.240. The predicted octanol–water partition coefficient (Wildman–Crippen LogP) is 8.38. The van der Waals surface area contributed by atoms with Crippen LogP contribution in [0.1, 0.15) is 36.1 Å². The summed E-state index contributed by atoms with van der Waals surface area (Å²) < 4.78 is 170. The molecule has 227 valence electrons. The molecule has 0 amide bonds. The molecule has 1 fully saturated rings. The van der Waals surface area contributed by atoms with Gasteiger partial charge in [0.15, 0.2) is 5.90 Å². The van der Waals surface area contributed by atoms with Crippen LogP contribution in [-0.4, -0.2) is 18.5 Å². The summed E-state index contributed by atoms with van der Waals surface area (Å²) in [7, 11) is -2.89. The second-order valence-corrected chi connectivity index (χ2v) is 11.9. The second kappa shape index (κ2) is 11.2. The lowest BCUT2D eigenvalue weighted by Crippen LogP contribution is -2.27. The number of benzene rings is 2. The number of alkyl halides is 12. The van der Waals surface area contributed by atoms with Crippen molar-refractivity contribution in [1.82, 2.24) is 0 Å². The fourth-order valence-corrected chi connectivity index (χ4v) is 6.80. The van der Waals surface area contributed by atoms with Gasteiger partial charge in [0, 0.05) is 5.66 Å². The van der Waals surface area contributed by atoms with E-state index in [0.717, 1.165) is 0 Å². The van der Waals surface area contributed by atoms with E-state index in [9.17, 15) is 52.7 Å². The van der Waals surface area contributed by atoms with Gasteiger partial charge in [-0.05, 0) is 80.1 Å². The third kappa shape index (κ3) is 7.00. The smallest absolute Gasteiger partial charge is 0.416 e. The molecule has 2 aliphatic rings. The molecule has 1 atom stereocenters. The summed E-state index contributed by atoms with van der Waals surface area (Å²) in [6, 6.07) is 0.490. The van der Waals surface area contributed by atoms with Crippen LogP contribution in [0.25, 0.3) is 0 Å². The second-order valence-electron chi connectivity index (χ2n) is 9.74. The zero-order chi connectivity index (χ0) is 31.4. The van der Waals surface area contributed by atoms with E-state index in [-0.39, 0.29) is 48.2 Å². The molecule has 2 nitrogen and oxygen atoms in total. The summed E-state index contributed by atoms with van der Waals surface area (Å²) in [6.07, 6.45) is -17.4. The van der Waals surface area contributed by atoms with Gasteiger partial charge in [0.05, 0.1) is 34.2 Å². The topological polar surface area (TPSA) is 21.6 Å². The molecular formula is C27H19F12NOP. The Kier molecular flexibility index (Phi) is 8.65. The van der Waals surface area contributed by atoms with Crippen molar-refractivity contribution in [1.29, 1.82) is 0 Å². The molecule has 1 saturated carbocycles. The minimum atomic E-state index is -5.32. The number of nitrogens with zero attached hydrogens (tertiary/aromatic N) is 1. The first-order valence-electron chi connectivity index (χ1n) is 12.0. The van der Waals surface area contributed by atoms with Crippen molar-refractivity contribution < 1.29 is 57.4 Å². The maximum atomic E-state index is 13.7. The molecule has 0 bridgehead atoms. The number of aliphatic imine (C=N–C) groups is 1. The zero-order valence-electron chi connectivity index (χ0n) is 21.4. The molecule has 4 rings (SSSR count). The van der Waals surface area contributed by atoms with Crippen LogP contribution in [-0.2, 0) is 29.4 Å². The van der Waals surface area contributed by atoms with Gasteiger partial charge in [-0.3, -0.25) is 0 Å². The van der Waals surface area contributed by atoms with Crippen LogP contribution < -0.4 is 10.6 Å². The Labute approximate surface area is 233 Å². The van der Waals surface area contributed by atoms with Crippen LogP contribution in [0.15, 0.2) is 41.4 Å². The van der Waals surface area contributed by atoms with Crippen LogP contribution >= 0.6 is 7.92 Å². The van der Waals surface area contributed by atoms with Crippen LogP contribution in [0.4, 0.5) is 52.7 Å². The van der Waals surface area contributed by atoms with Crippen molar-refractivity contribution >= 4 is 24.4 Å². The predicted molar refractivity (Wildman–Crippen MR) is 130 cm³/mol. The Balaban J connectivity index is 2.00. The number of halogens is 12. The molecule has 0 aromatic heterocycles. The maximum absolute atomic E-state index is 13.7. The van der Waals surface area contributed by atoms with Crippen molar-refractivity contribution in [2.75, 3.05) is 6.61 Å². The van der Waals surface area contributed by atoms with Gasteiger partial charge in [0.25, 0.3) is 0 Å². The Hall–Kier alpha value is -2.50. The highest BCUT2D eigenvalue weighted by atomic mass is 31.1. The molecule has 5 radical (unpaired) electrons. The van der Waals surface area contributed by atoms with Crippen molar-refractivity contribution in [2.24, 2.45) is 10.9 Å². The summed E-state index contributed by atoms with van der Waals surface area (Å²) in [5.74, 6) is -0.0912. The monoisotopic (exact) mass is 632 g/mol. The van der Waals surface area contributed by atoms with Gasteiger partial charge >= 0.3 is 24.7 Å². The van der Waals surface area contributed by atoms with E-state index in [4.69, 9.17) is 4.74 Å². The summed E-state index contributed by atoms with van der Waals surface area (Å²) in [5.41, 5.74) is -7.22. The van der Waals surface area contributed by atoms with Gasteiger partial charge in [-0.1, -0.05) is 13.8 Å². The van der Waals surface area contributed by atoms with Crippen molar-refractivity contribution in [2.45, 2.75) is 44.6 Å². The van der Waals surface area contributed by atoms with Crippen LogP contribution in [0.3, 0.4) is 0 Å². The molecule has 1 aliphatic heterocycles. The number of hydrogen-bond donors (Lipinski definition) is 0. The van der Waals surface area contributed by atoms with Crippen LogP contribution in [0.2, 0.25) is 0 Å². The normalized spacial score (nSPS) is 19.6. The lowest BCUT2D eigenvalue weighted by molar-refractivity contribution is -0.144. The molecule has 0 spiro atoms. The van der Waals surface area contributed by atoms with E-state index in [0.29, 0.717) is 24.3 Å². The minimum Gasteiger partial charge on any atom is -0.478 e. The summed E-state index contributed by atoms with van der Waals surface area (Å²) in [4.78, 5) is 4.37. The first kappa shape index (κ1) is 32.4. The Morgan fingerprint density at radius 2 is 1.07 bits per heavy atom. The van der Waals surface area contributed by atoms with E-state index in [1.165, 1.54) is 19.3 Å². The summed E-state index contributed by atoms with van der Waals surface area (Å²) >= 11 is 0. The van der Waals surface area contributed by atoms with E-state index in [1.807, 2.05) is 13.8 Å². The zero-order valence-corrected chi connectivity index (χ0v) is 22.3. The van der Waals surface area contributed by atoms with Crippen molar-refractivity contribution in [3.8, 4) is 0 Å². The molecule has 15 heteroatoms. The lowest BCUT2D eigenvalue weighted by Gasteiger charge is -2.30. The van der Waals surface area contributed by atoms with Crippen LogP contribution in [0, 0.1) is 36.8 Å². The highest BCUT2D eigenvalue weighted by Gasteiger charge is 2.46. The number of ether oxygens (including phenoxy) is 1. The third-order valence-corrected chi connectivity index (χ3v) is 8.79. The molecule has 2 aromatic carbocycles. The van der Waals surface area contributed by atoms with E-state index >= 15 is 0 Å². The minimum absolute atomic E-state index is 0.0289. The van der Waals surface area contributed by atoms with E-state index < -0.39 is 65.5 Å². The van der Waals surface area contributed by atoms with E-state index in [2.05, 4.69) is 4.99 Å². The average Bonchev–Trinajstić information content (AvgIpc) is 3.52. The molecule has 1 heterocycles. The van der Waals surface area contributed by atoms with Gasteiger partial charge in [-0.2, -0.15) is 52.7 Å². The molecule has 0 unspecified atom stereocenters. The van der Waals surface area contributed by atoms with Gasteiger partial charge in [0.2, 0.25) is 0 Å². The SMILES string of the molecule is CC(C)[C@H]1COC([C]2[CH][CH][CH][C]2P(c2cc(C(F)(F)F)cc(C(F)(F)F)c2)c2cc(C(F)(F)F)cc(C(F)(F)F)c2)=N1. The molecule has 0 saturated heterocycles. The van der Waals surface area contributed by atoms with E-state index in [1.54, 1.807) is 0 Å². The van der Waals surface area contributed by atoms with Crippen molar-refractivity contribution in [3.05, 3.63) is 89.5 Å². The summed E-state index contributed by atoms with van der Waals surface area (Å²) in [6.45, 7) is 3.68. The Morgan fingerprint density at radius 1 is 0.667 bits per heavy atom. The molecule has 0 N–H and O–H groups in total. The Morgan fingerprint density at radius 3 is 1.40 bits per heavy atom. The third-order valence-electron chi connectivity index (χ3n) is 6.37. The standard InChI is InChI=1S/C27H19F12NOP/c1-13(2)21-12-41-23(40-21)20-4-3-5-22(20)42(18-8-14(24(28,29)30)6-15(9-18)25(31,32)33)19-10-16(26(34,35)36)7-17(11-19)27(37,38)39/h3-11,13,21H,12H2,1-2H3/t21-/m1/s1. The number of hydrogen-bond acceptors (Lipinski definition) is 2. The molecule has 1 aliphatic carbocycles. The summed E-state index contributed by atoms with van der Waals surface area (Å²) in [5, 5.41) is -1.54. The van der Waals surface area contributed by atoms with Crippen LogP contribution in [0.5, 0.6) is 0 Å². The fraction of sp³-hybridized carbons (Fsp3) is 0.333. The maximum Gasteiger partial charge on any atom is 0.416 e. The molecule has 2 aromatic rings. The van der Waals surface area contributed by atoms with Crippen molar-refractivity contribution in [3.63, 3.8) is 0 Å². The first-order chi connectivity index (χ1) is 19.2. The lowest BCUT2D eigenvalue weighted by atomic mass is 10.1. The molecule has 42 heavy (non-hydrogen) atoms. The van der Waals surface area contributed by atoms with Gasteiger partial charge in [-0.25, -0.2) is 4.99 Å². The fourth-order valence-electron chi connectivity index (χ4n) is 4.23. The molecular weight excluding hydrogens is 613 g/mol. The first-order valence-corrected chi connectivity index (χ1v) is 13.4. The Bertz CT molecular complexity index is 1190. The largest absolute Gasteiger partial charge is 0.478 e. The average molecular weight is 632 g/mol. The highest BCUT2D eigenvalue weighted by Crippen LogP contribution is 2.58. The highest BCUT2D eigenvalue weighted by molar-refractivity contribution is 7.76. The number of rotatable bonds is 5. The van der Waals surface area contributed by atoms with Gasteiger partial charge < -0.3 is 4.74 Å².